The molecule has 100 valence electrons. The zero-order valence-electron chi connectivity index (χ0n) is 11.2. The van der Waals surface area contributed by atoms with Crippen molar-refractivity contribution in [1.82, 2.24) is 15.1 Å². The molecule has 4 nitrogen and oxygen atoms in total. The molecule has 0 saturated heterocycles. The van der Waals surface area contributed by atoms with Crippen LogP contribution in [0.15, 0.2) is 36.5 Å². The van der Waals surface area contributed by atoms with Gasteiger partial charge in [0.15, 0.2) is 5.11 Å². The third kappa shape index (κ3) is 3.79. The molecule has 2 aromatic rings. The Labute approximate surface area is 118 Å². The van der Waals surface area contributed by atoms with Gasteiger partial charge in [0, 0.05) is 31.0 Å². The Hall–Kier alpha value is -1.88. The number of hydrogen-bond acceptors (Lipinski definition) is 2. The van der Waals surface area contributed by atoms with Crippen molar-refractivity contribution < 1.29 is 0 Å². The van der Waals surface area contributed by atoms with E-state index < -0.39 is 0 Å². The van der Waals surface area contributed by atoms with Crippen molar-refractivity contribution in [3.05, 3.63) is 47.8 Å². The van der Waals surface area contributed by atoms with Gasteiger partial charge in [0.25, 0.3) is 0 Å². The number of anilines is 1. The van der Waals surface area contributed by atoms with Gasteiger partial charge in [-0.05, 0) is 30.8 Å². The summed E-state index contributed by atoms with van der Waals surface area (Å²) in [6.45, 7) is 2.79. The largest absolute Gasteiger partial charge is 0.358 e. The van der Waals surface area contributed by atoms with Crippen molar-refractivity contribution in [2.45, 2.75) is 19.9 Å². The molecule has 1 aromatic carbocycles. The first-order valence-corrected chi connectivity index (χ1v) is 6.71. The van der Waals surface area contributed by atoms with Gasteiger partial charge in [-0.3, -0.25) is 4.68 Å². The molecule has 1 heterocycles. The molecular formula is C14H18N4S. The quantitative estimate of drug-likeness (QED) is 0.841. The van der Waals surface area contributed by atoms with Gasteiger partial charge < -0.3 is 10.6 Å². The summed E-state index contributed by atoms with van der Waals surface area (Å²) >= 11 is 5.27. The summed E-state index contributed by atoms with van der Waals surface area (Å²) in [5.74, 6) is 0. The van der Waals surface area contributed by atoms with E-state index in [4.69, 9.17) is 12.2 Å². The van der Waals surface area contributed by atoms with Gasteiger partial charge in [0.2, 0.25) is 0 Å². The van der Waals surface area contributed by atoms with Crippen LogP contribution >= 0.6 is 12.2 Å². The average Bonchev–Trinajstić information content (AvgIpc) is 2.78. The molecule has 0 aliphatic rings. The van der Waals surface area contributed by atoms with Gasteiger partial charge >= 0.3 is 0 Å². The summed E-state index contributed by atoms with van der Waals surface area (Å²) in [6.07, 6.45) is 2.95. The Morgan fingerprint density at radius 1 is 1.32 bits per heavy atom. The average molecular weight is 274 g/mol. The number of thiocarbonyl (C=S) groups is 1. The van der Waals surface area contributed by atoms with E-state index in [1.807, 2.05) is 48.3 Å². The minimum absolute atomic E-state index is 0.622. The van der Waals surface area contributed by atoms with Gasteiger partial charge in [-0.2, -0.15) is 5.10 Å². The SMILES string of the molecule is CCc1nn(C)cc1CNC(=S)Nc1ccccc1. The number of rotatable bonds is 4. The summed E-state index contributed by atoms with van der Waals surface area (Å²) in [5.41, 5.74) is 3.28. The fourth-order valence-electron chi connectivity index (χ4n) is 1.90. The van der Waals surface area contributed by atoms with E-state index in [9.17, 15) is 0 Å². The summed E-state index contributed by atoms with van der Waals surface area (Å²) in [6, 6.07) is 9.89. The van der Waals surface area contributed by atoms with Crippen LogP contribution in [0.1, 0.15) is 18.2 Å². The standard InChI is InChI=1S/C14H18N4S/c1-3-13-11(10-18(2)17-13)9-15-14(19)16-12-7-5-4-6-8-12/h4-8,10H,3,9H2,1-2H3,(H2,15,16,19). The highest BCUT2D eigenvalue weighted by molar-refractivity contribution is 7.80. The maximum absolute atomic E-state index is 5.27. The lowest BCUT2D eigenvalue weighted by Gasteiger charge is -2.10. The molecule has 0 fully saturated rings. The van der Waals surface area contributed by atoms with E-state index in [0.717, 1.165) is 17.8 Å². The molecular weight excluding hydrogens is 256 g/mol. The van der Waals surface area contributed by atoms with Crippen LogP contribution in [0, 0.1) is 0 Å². The van der Waals surface area contributed by atoms with Gasteiger partial charge in [-0.25, -0.2) is 0 Å². The highest BCUT2D eigenvalue weighted by Gasteiger charge is 2.06. The number of hydrogen-bond donors (Lipinski definition) is 2. The van der Waals surface area contributed by atoms with Crippen LogP contribution in [-0.2, 0) is 20.0 Å². The normalized spacial score (nSPS) is 10.2. The molecule has 0 saturated carbocycles. The second kappa shape index (κ2) is 6.33. The number of nitrogens with zero attached hydrogens (tertiary/aromatic N) is 2. The third-order valence-corrected chi connectivity index (χ3v) is 3.04. The number of aryl methyl sites for hydroxylation is 2. The molecule has 0 spiro atoms. The topological polar surface area (TPSA) is 41.9 Å². The smallest absolute Gasteiger partial charge is 0.171 e. The van der Waals surface area contributed by atoms with Crippen LogP contribution in [0.25, 0.3) is 0 Å². The lowest BCUT2D eigenvalue weighted by Crippen LogP contribution is -2.28. The fraction of sp³-hybridized carbons (Fsp3) is 0.286. The Morgan fingerprint density at radius 2 is 2.05 bits per heavy atom. The maximum atomic E-state index is 5.27. The Bertz CT molecular complexity index is 548. The summed E-state index contributed by atoms with van der Waals surface area (Å²) < 4.78 is 1.84. The Morgan fingerprint density at radius 3 is 2.74 bits per heavy atom. The van der Waals surface area contributed by atoms with E-state index in [1.165, 1.54) is 5.56 Å². The van der Waals surface area contributed by atoms with Gasteiger partial charge in [-0.1, -0.05) is 25.1 Å². The van der Waals surface area contributed by atoms with Gasteiger partial charge in [0.05, 0.1) is 5.69 Å². The third-order valence-electron chi connectivity index (χ3n) is 2.80. The Balaban J connectivity index is 1.90. The number of para-hydroxylation sites is 1. The van der Waals surface area contributed by atoms with Crippen LogP contribution in [0.5, 0.6) is 0 Å². The van der Waals surface area contributed by atoms with Crippen LogP contribution in [0.2, 0.25) is 0 Å². The predicted molar refractivity (Wildman–Crippen MR) is 82.1 cm³/mol. The van der Waals surface area contributed by atoms with Crippen molar-refractivity contribution in [2.75, 3.05) is 5.32 Å². The summed E-state index contributed by atoms with van der Waals surface area (Å²) in [5, 5.41) is 11.4. The van der Waals surface area contributed by atoms with Crippen molar-refractivity contribution >= 4 is 23.0 Å². The molecule has 0 aliphatic carbocycles. The van der Waals surface area contributed by atoms with Crippen LogP contribution in [0.4, 0.5) is 5.69 Å². The van der Waals surface area contributed by atoms with E-state index in [2.05, 4.69) is 22.7 Å². The lowest BCUT2D eigenvalue weighted by atomic mass is 10.2. The molecule has 0 radical (unpaired) electrons. The number of aromatic nitrogens is 2. The molecule has 0 atom stereocenters. The molecule has 0 amide bonds. The van der Waals surface area contributed by atoms with E-state index in [-0.39, 0.29) is 0 Å². The first-order valence-electron chi connectivity index (χ1n) is 6.30. The van der Waals surface area contributed by atoms with Crippen molar-refractivity contribution in [3.63, 3.8) is 0 Å². The number of benzene rings is 1. The van der Waals surface area contributed by atoms with Crippen LogP contribution < -0.4 is 10.6 Å². The molecule has 0 aliphatic heterocycles. The molecule has 2 rings (SSSR count). The minimum Gasteiger partial charge on any atom is -0.358 e. The van der Waals surface area contributed by atoms with Crippen molar-refractivity contribution in [3.8, 4) is 0 Å². The predicted octanol–water partition coefficient (Wildman–Crippen LogP) is 2.47. The van der Waals surface area contributed by atoms with Gasteiger partial charge in [0.1, 0.15) is 0 Å². The zero-order chi connectivity index (χ0) is 13.7. The van der Waals surface area contributed by atoms with Crippen molar-refractivity contribution in [1.29, 1.82) is 0 Å². The van der Waals surface area contributed by atoms with E-state index >= 15 is 0 Å². The zero-order valence-corrected chi connectivity index (χ0v) is 12.0. The molecule has 19 heavy (non-hydrogen) atoms. The van der Waals surface area contributed by atoms with Crippen LogP contribution in [-0.4, -0.2) is 14.9 Å². The summed E-state index contributed by atoms with van der Waals surface area (Å²) in [7, 11) is 1.93. The van der Waals surface area contributed by atoms with Crippen molar-refractivity contribution in [2.24, 2.45) is 7.05 Å². The lowest BCUT2D eigenvalue weighted by molar-refractivity contribution is 0.746. The number of nitrogens with one attached hydrogen (secondary N) is 2. The van der Waals surface area contributed by atoms with E-state index in [1.54, 1.807) is 0 Å². The van der Waals surface area contributed by atoms with Crippen LogP contribution in [0.3, 0.4) is 0 Å². The summed E-state index contributed by atoms with van der Waals surface area (Å²) in [4.78, 5) is 0. The second-order valence-electron chi connectivity index (χ2n) is 4.30. The highest BCUT2D eigenvalue weighted by Crippen LogP contribution is 2.08. The highest BCUT2D eigenvalue weighted by atomic mass is 32.1. The molecule has 0 bridgehead atoms. The van der Waals surface area contributed by atoms with E-state index in [0.29, 0.717) is 11.7 Å². The second-order valence-corrected chi connectivity index (χ2v) is 4.71. The Kier molecular flexibility index (Phi) is 4.52. The molecule has 0 unspecified atom stereocenters. The monoisotopic (exact) mass is 274 g/mol. The molecule has 5 heteroatoms. The minimum atomic E-state index is 0.622. The molecule has 1 aromatic heterocycles. The fourth-order valence-corrected chi connectivity index (χ4v) is 2.09. The first kappa shape index (κ1) is 13.5. The van der Waals surface area contributed by atoms with Gasteiger partial charge in [-0.15, -0.1) is 0 Å². The maximum Gasteiger partial charge on any atom is 0.171 e. The molecule has 2 N–H and O–H groups in total. The first-order chi connectivity index (χ1) is 9.19.